The SMILES string of the molecule is CCOC(=O)c1cc(F)cc(S(=O)(=O)NC(C)(CN)CC(C)C)c1. The average molecular weight is 360 g/mol. The number of nitrogens with two attached hydrogens (primary N) is 1. The number of ether oxygens (including phenoxy) is 1. The van der Waals surface area contributed by atoms with Crippen LogP contribution >= 0.6 is 0 Å². The summed E-state index contributed by atoms with van der Waals surface area (Å²) in [4.78, 5) is 11.4. The van der Waals surface area contributed by atoms with Crippen molar-refractivity contribution in [2.24, 2.45) is 11.7 Å². The largest absolute Gasteiger partial charge is 0.462 e. The van der Waals surface area contributed by atoms with Crippen molar-refractivity contribution in [1.29, 1.82) is 0 Å². The Kier molecular flexibility index (Phi) is 6.88. The molecule has 0 saturated carbocycles. The summed E-state index contributed by atoms with van der Waals surface area (Å²) in [6.07, 6.45) is 0.517. The number of carbonyl (C=O) groups is 1. The first-order valence-electron chi connectivity index (χ1n) is 7.74. The van der Waals surface area contributed by atoms with Crippen molar-refractivity contribution >= 4 is 16.0 Å². The Morgan fingerprint density at radius 2 is 2.00 bits per heavy atom. The first-order chi connectivity index (χ1) is 11.0. The Morgan fingerprint density at radius 1 is 1.38 bits per heavy atom. The van der Waals surface area contributed by atoms with E-state index in [9.17, 15) is 17.6 Å². The van der Waals surface area contributed by atoms with Crippen molar-refractivity contribution in [3.8, 4) is 0 Å². The number of carbonyl (C=O) groups excluding carboxylic acids is 1. The van der Waals surface area contributed by atoms with Gasteiger partial charge in [-0.2, -0.15) is 0 Å². The molecule has 0 spiro atoms. The van der Waals surface area contributed by atoms with Crippen molar-refractivity contribution in [2.75, 3.05) is 13.2 Å². The minimum absolute atomic E-state index is 0.0878. The lowest BCUT2D eigenvalue weighted by Gasteiger charge is -2.30. The molecule has 0 amide bonds. The predicted octanol–water partition coefficient (Wildman–Crippen LogP) is 2.04. The maximum absolute atomic E-state index is 13.8. The number of esters is 1. The maximum atomic E-state index is 13.8. The number of rotatable bonds is 8. The highest BCUT2D eigenvalue weighted by Gasteiger charge is 2.31. The molecule has 3 N–H and O–H groups in total. The molecule has 0 saturated heterocycles. The Balaban J connectivity index is 3.21. The van der Waals surface area contributed by atoms with Crippen molar-refractivity contribution in [3.05, 3.63) is 29.6 Å². The molecule has 136 valence electrons. The van der Waals surface area contributed by atoms with Gasteiger partial charge in [-0.1, -0.05) is 13.8 Å². The van der Waals surface area contributed by atoms with E-state index < -0.39 is 27.3 Å². The molecule has 1 atom stereocenters. The molecule has 0 aromatic heterocycles. The molecule has 0 heterocycles. The highest BCUT2D eigenvalue weighted by Crippen LogP contribution is 2.21. The number of sulfonamides is 1. The Bertz CT molecular complexity index is 691. The van der Waals surface area contributed by atoms with E-state index >= 15 is 0 Å². The van der Waals surface area contributed by atoms with Gasteiger partial charge in [-0.3, -0.25) is 0 Å². The van der Waals surface area contributed by atoms with Crippen molar-refractivity contribution in [1.82, 2.24) is 4.72 Å². The summed E-state index contributed by atoms with van der Waals surface area (Å²) in [5.41, 5.74) is 4.68. The van der Waals surface area contributed by atoms with Crippen molar-refractivity contribution in [2.45, 2.75) is 44.6 Å². The smallest absolute Gasteiger partial charge is 0.338 e. The molecule has 0 radical (unpaired) electrons. The van der Waals surface area contributed by atoms with Gasteiger partial charge < -0.3 is 10.5 Å². The van der Waals surface area contributed by atoms with Crippen LogP contribution in [0.2, 0.25) is 0 Å². The van der Waals surface area contributed by atoms with Gasteiger partial charge in [0, 0.05) is 12.1 Å². The number of halogens is 1. The first kappa shape index (κ1) is 20.5. The van der Waals surface area contributed by atoms with Gasteiger partial charge in [0.15, 0.2) is 0 Å². The molecule has 8 heteroatoms. The molecule has 0 aliphatic heterocycles. The number of nitrogens with one attached hydrogen (secondary N) is 1. The molecule has 0 fully saturated rings. The summed E-state index contributed by atoms with van der Waals surface area (Å²) in [5.74, 6) is -1.40. The quantitative estimate of drug-likeness (QED) is 0.691. The zero-order valence-corrected chi connectivity index (χ0v) is 15.2. The van der Waals surface area contributed by atoms with Gasteiger partial charge in [0.25, 0.3) is 0 Å². The summed E-state index contributed by atoms with van der Waals surface area (Å²) < 4.78 is 46.2. The molecular weight excluding hydrogens is 335 g/mol. The maximum Gasteiger partial charge on any atom is 0.338 e. The van der Waals surface area contributed by atoms with Crippen LogP contribution in [0.15, 0.2) is 23.1 Å². The van der Waals surface area contributed by atoms with Crippen LogP contribution in [0.25, 0.3) is 0 Å². The molecule has 0 aliphatic rings. The summed E-state index contributed by atoms with van der Waals surface area (Å²) in [6.45, 7) is 7.39. The van der Waals surface area contributed by atoms with E-state index in [1.165, 1.54) is 0 Å². The van der Waals surface area contributed by atoms with Crippen LogP contribution in [0, 0.1) is 11.7 Å². The van der Waals surface area contributed by atoms with E-state index in [0.29, 0.717) is 6.42 Å². The van der Waals surface area contributed by atoms with E-state index in [-0.39, 0.29) is 29.5 Å². The fourth-order valence-corrected chi connectivity index (χ4v) is 3.98. The predicted molar refractivity (Wildman–Crippen MR) is 89.6 cm³/mol. The highest BCUT2D eigenvalue weighted by molar-refractivity contribution is 7.89. The van der Waals surface area contributed by atoms with Crippen molar-refractivity contribution < 1.29 is 22.3 Å². The highest BCUT2D eigenvalue weighted by atomic mass is 32.2. The van der Waals surface area contributed by atoms with E-state index in [1.54, 1.807) is 13.8 Å². The lowest BCUT2D eigenvalue weighted by Crippen LogP contribution is -2.52. The van der Waals surface area contributed by atoms with Gasteiger partial charge in [-0.05, 0) is 44.4 Å². The average Bonchev–Trinajstić information content (AvgIpc) is 2.45. The molecule has 24 heavy (non-hydrogen) atoms. The normalized spacial score (nSPS) is 14.5. The third-order valence-corrected chi connectivity index (χ3v) is 5.00. The van der Waals surface area contributed by atoms with E-state index in [0.717, 1.165) is 18.2 Å². The summed E-state index contributed by atoms with van der Waals surface area (Å²) >= 11 is 0. The topological polar surface area (TPSA) is 98.5 Å². The molecular formula is C16H25FN2O4S. The molecule has 0 bridgehead atoms. The van der Waals surface area contributed by atoms with E-state index in [2.05, 4.69) is 4.72 Å². The number of hydrogen-bond donors (Lipinski definition) is 2. The second kappa shape index (κ2) is 8.04. The Hall–Kier alpha value is -1.51. The van der Waals surface area contributed by atoms with Gasteiger partial charge in [-0.25, -0.2) is 22.3 Å². The Labute approximate surface area is 142 Å². The zero-order valence-electron chi connectivity index (χ0n) is 14.4. The molecule has 1 aromatic carbocycles. The monoisotopic (exact) mass is 360 g/mol. The second-order valence-electron chi connectivity index (χ2n) is 6.36. The van der Waals surface area contributed by atoms with Gasteiger partial charge in [0.05, 0.1) is 17.1 Å². The summed E-state index contributed by atoms with van der Waals surface area (Å²) in [6, 6.07) is 2.89. The van der Waals surface area contributed by atoms with Gasteiger partial charge in [-0.15, -0.1) is 0 Å². The molecule has 1 aromatic rings. The van der Waals surface area contributed by atoms with Crippen LogP contribution in [0.3, 0.4) is 0 Å². The van der Waals surface area contributed by atoms with Crippen molar-refractivity contribution in [3.63, 3.8) is 0 Å². The second-order valence-corrected chi connectivity index (χ2v) is 8.05. The fraction of sp³-hybridized carbons (Fsp3) is 0.562. The molecule has 0 aliphatic carbocycles. The summed E-state index contributed by atoms with van der Waals surface area (Å²) in [5, 5.41) is 0. The summed E-state index contributed by atoms with van der Waals surface area (Å²) in [7, 11) is -4.05. The molecule has 1 rings (SSSR count). The third-order valence-electron chi connectivity index (χ3n) is 3.38. The standard InChI is InChI=1S/C16H25FN2O4S/c1-5-23-15(20)12-6-13(17)8-14(7-12)24(21,22)19-16(4,10-18)9-11(2)3/h6-8,11,19H,5,9-10,18H2,1-4H3. The third kappa shape index (κ3) is 5.54. The van der Waals surface area contributed by atoms with Crippen LogP contribution in [0.4, 0.5) is 4.39 Å². The van der Waals surface area contributed by atoms with E-state index in [1.807, 2.05) is 13.8 Å². The minimum Gasteiger partial charge on any atom is -0.462 e. The first-order valence-corrected chi connectivity index (χ1v) is 9.23. The van der Waals surface area contributed by atoms with Gasteiger partial charge >= 0.3 is 5.97 Å². The minimum atomic E-state index is -4.05. The Morgan fingerprint density at radius 3 is 2.50 bits per heavy atom. The van der Waals surface area contributed by atoms with Crippen LogP contribution < -0.4 is 10.5 Å². The zero-order chi connectivity index (χ0) is 18.5. The van der Waals surface area contributed by atoms with Gasteiger partial charge in [0.1, 0.15) is 5.82 Å². The number of benzene rings is 1. The molecule has 1 unspecified atom stereocenters. The fourth-order valence-electron chi connectivity index (χ4n) is 2.50. The van der Waals surface area contributed by atoms with E-state index in [4.69, 9.17) is 10.5 Å². The van der Waals surface area contributed by atoms with Gasteiger partial charge in [0.2, 0.25) is 10.0 Å². The van der Waals surface area contributed by atoms with Crippen LogP contribution in [-0.2, 0) is 14.8 Å². The van der Waals surface area contributed by atoms with Crippen LogP contribution in [-0.4, -0.2) is 33.1 Å². The lowest BCUT2D eigenvalue weighted by molar-refractivity contribution is 0.0525. The van der Waals surface area contributed by atoms with Crippen LogP contribution in [0.5, 0.6) is 0 Å². The van der Waals surface area contributed by atoms with Crippen LogP contribution in [0.1, 0.15) is 44.5 Å². The molecule has 6 nitrogen and oxygen atoms in total. The lowest BCUT2D eigenvalue weighted by atomic mass is 9.92. The number of hydrogen-bond acceptors (Lipinski definition) is 5.